The molecule has 2 N–H and O–H groups in total. The number of nitrogens with zero attached hydrogens (tertiary/aromatic N) is 2. The van der Waals surface area contributed by atoms with Gasteiger partial charge in [0.05, 0.1) is 29.0 Å². The number of carboxylic acid groups (broad SMARTS) is 1. The van der Waals surface area contributed by atoms with E-state index in [1.807, 2.05) is 36.4 Å². The zero-order valence-corrected chi connectivity index (χ0v) is 18.2. The fourth-order valence-corrected chi connectivity index (χ4v) is 3.42. The molecule has 0 saturated heterocycles. The molecule has 0 spiro atoms. The molecule has 8 heteroatoms. The molecule has 0 aliphatic carbocycles. The molecule has 0 saturated carbocycles. The van der Waals surface area contributed by atoms with Crippen molar-refractivity contribution in [2.45, 2.75) is 6.61 Å². The molecule has 35 heavy (non-hydrogen) atoms. The van der Waals surface area contributed by atoms with E-state index in [1.165, 1.54) is 30.5 Å². The summed E-state index contributed by atoms with van der Waals surface area (Å²) in [5, 5.41) is 23.6. The topological polar surface area (TPSA) is 112 Å². The zero-order chi connectivity index (χ0) is 24.8. The van der Waals surface area contributed by atoms with Gasteiger partial charge in [-0.05, 0) is 52.7 Å². The number of hydrogen-bond acceptors (Lipinski definition) is 5. The van der Waals surface area contributed by atoms with Crippen molar-refractivity contribution >= 4 is 28.9 Å². The van der Waals surface area contributed by atoms with Crippen LogP contribution < -0.4 is 10.2 Å². The maximum Gasteiger partial charge on any atom is 0.335 e. The Morgan fingerprint density at radius 3 is 2.54 bits per heavy atom. The maximum absolute atomic E-state index is 14.1. The zero-order valence-electron chi connectivity index (χ0n) is 18.2. The van der Waals surface area contributed by atoms with Crippen LogP contribution in [0.5, 0.6) is 5.75 Å². The third-order valence-electron chi connectivity index (χ3n) is 5.23. The molecule has 1 amide bonds. The summed E-state index contributed by atoms with van der Waals surface area (Å²) in [5.41, 5.74) is 3.74. The monoisotopic (exact) mass is 467 g/mol. The van der Waals surface area contributed by atoms with Gasteiger partial charge in [-0.2, -0.15) is 10.4 Å². The van der Waals surface area contributed by atoms with Crippen molar-refractivity contribution in [3.63, 3.8) is 0 Å². The number of ether oxygens (including phenoxy) is 1. The molecule has 4 aromatic rings. The van der Waals surface area contributed by atoms with Crippen LogP contribution in [0, 0.1) is 17.1 Å². The Hall–Kier alpha value is -5.03. The van der Waals surface area contributed by atoms with Crippen LogP contribution in [-0.4, -0.2) is 23.2 Å². The van der Waals surface area contributed by atoms with E-state index in [0.717, 1.165) is 22.4 Å². The number of nitrogens with one attached hydrogen (secondary N) is 1. The number of hydrogen-bond donors (Lipinski definition) is 2. The molecule has 7 nitrogen and oxygen atoms in total. The Morgan fingerprint density at radius 1 is 1.06 bits per heavy atom. The van der Waals surface area contributed by atoms with E-state index in [4.69, 9.17) is 15.1 Å². The Labute approximate surface area is 199 Å². The summed E-state index contributed by atoms with van der Waals surface area (Å²) in [7, 11) is 0. The molecule has 172 valence electrons. The maximum atomic E-state index is 14.1. The number of hydrazone groups is 1. The van der Waals surface area contributed by atoms with Crippen LogP contribution in [0.25, 0.3) is 10.8 Å². The largest absolute Gasteiger partial charge is 0.488 e. The van der Waals surface area contributed by atoms with Crippen LogP contribution in [0.3, 0.4) is 0 Å². The van der Waals surface area contributed by atoms with Crippen molar-refractivity contribution in [1.82, 2.24) is 5.43 Å². The minimum Gasteiger partial charge on any atom is -0.488 e. The molecule has 4 rings (SSSR count). The lowest BCUT2D eigenvalue weighted by Gasteiger charge is -2.12. The lowest BCUT2D eigenvalue weighted by Crippen LogP contribution is -2.19. The molecule has 0 aliphatic rings. The number of aromatic carboxylic acids is 1. The van der Waals surface area contributed by atoms with E-state index in [9.17, 15) is 14.0 Å². The minimum absolute atomic E-state index is 0.109. The van der Waals surface area contributed by atoms with Crippen molar-refractivity contribution in [1.29, 1.82) is 5.26 Å². The Bertz CT molecular complexity index is 1490. The third kappa shape index (κ3) is 5.31. The summed E-state index contributed by atoms with van der Waals surface area (Å²) in [6.45, 7) is 0.182. The summed E-state index contributed by atoms with van der Waals surface area (Å²) < 4.78 is 20.1. The normalized spacial score (nSPS) is 10.7. The van der Waals surface area contributed by atoms with Crippen molar-refractivity contribution in [2.75, 3.05) is 0 Å². The number of halogens is 1. The smallest absolute Gasteiger partial charge is 0.335 e. The first-order chi connectivity index (χ1) is 17.0. The SMILES string of the molecule is N#Cc1ccc(C(=O)N/N=C/c2c(OCc3ccc(C(=O)O)cc3)ccc3ccccc23)c(F)c1. The van der Waals surface area contributed by atoms with E-state index in [2.05, 4.69) is 10.5 Å². The van der Waals surface area contributed by atoms with E-state index in [0.29, 0.717) is 11.3 Å². The van der Waals surface area contributed by atoms with Crippen LogP contribution >= 0.6 is 0 Å². The van der Waals surface area contributed by atoms with Gasteiger partial charge in [-0.25, -0.2) is 14.6 Å². The van der Waals surface area contributed by atoms with Gasteiger partial charge in [-0.3, -0.25) is 4.79 Å². The number of nitriles is 1. The molecule has 0 aromatic heterocycles. The molecule has 0 unspecified atom stereocenters. The number of carbonyl (C=O) groups is 2. The number of benzene rings is 4. The van der Waals surface area contributed by atoms with Gasteiger partial charge in [0.2, 0.25) is 0 Å². The second kappa shape index (κ2) is 10.3. The van der Waals surface area contributed by atoms with Gasteiger partial charge < -0.3 is 9.84 Å². The highest BCUT2D eigenvalue weighted by Crippen LogP contribution is 2.27. The van der Waals surface area contributed by atoms with Crippen LogP contribution in [0.1, 0.15) is 37.4 Å². The van der Waals surface area contributed by atoms with Crippen LogP contribution in [0.2, 0.25) is 0 Å². The van der Waals surface area contributed by atoms with E-state index in [1.54, 1.807) is 18.2 Å². The first-order valence-corrected chi connectivity index (χ1v) is 10.5. The summed E-state index contributed by atoms with van der Waals surface area (Å²) >= 11 is 0. The van der Waals surface area contributed by atoms with Crippen molar-refractivity contribution in [2.24, 2.45) is 5.10 Å². The van der Waals surface area contributed by atoms with Gasteiger partial charge in [-0.15, -0.1) is 0 Å². The molecule has 0 heterocycles. The number of fused-ring (bicyclic) bond motifs is 1. The first kappa shape index (κ1) is 23.1. The van der Waals surface area contributed by atoms with Crippen molar-refractivity contribution in [3.8, 4) is 11.8 Å². The Morgan fingerprint density at radius 2 is 1.83 bits per heavy atom. The van der Waals surface area contributed by atoms with Crippen LogP contribution in [0.4, 0.5) is 4.39 Å². The summed E-state index contributed by atoms with van der Waals surface area (Å²) in [4.78, 5) is 23.4. The van der Waals surface area contributed by atoms with Gasteiger partial charge in [0.25, 0.3) is 5.91 Å². The van der Waals surface area contributed by atoms with E-state index >= 15 is 0 Å². The third-order valence-corrected chi connectivity index (χ3v) is 5.23. The lowest BCUT2D eigenvalue weighted by atomic mass is 10.0. The molecule has 0 radical (unpaired) electrons. The second-order valence-electron chi connectivity index (χ2n) is 7.49. The highest BCUT2D eigenvalue weighted by molar-refractivity contribution is 6.03. The lowest BCUT2D eigenvalue weighted by molar-refractivity contribution is 0.0696. The summed E-state index contributed by atoms with van der Waals surface area (Å²) in [6.07, 6.45) is 1.42. The molecule has 4 aromatic carbocycles. The summed E-state index contributed by atoms with van der Waals surface area (Å²) in [5.74, 6) is -2.09. The average Bonchev–Trinajstić information content (AvgIpc) is 2.88. The predicted octanol–water partition coefficient (Wildman–Crippen LogP) is 4.89. The highest BCUT2D eigenvalue weighted by Gasteiger charge is 2.12. The second-order valence-corrected chi connectivity index (χ2v) is 7.49. The number of rotatable bonds is 7. The quantitative estimate of drug-likeness (QED) is 0.297. The fraction of sp³-hybridized carbons (Fsp3) is 0.0370. The van der Waals surface area contributed by atoms with E-state index < -0.39 is 17.7 Å². The average molecular weight is 467 g/mol. The molecular weight excluding hydrogens is 449 g/mol. The van der Waals surface area contributed by atoms with Crippen LogP contribution in [0.15, 0.2) is 84.0 Å². The van der Waals surface area contributed by atoms with Gasteiger partial charge in [0, 0.05) is 5.56 Å². The molecule has 0 aliphatic heterocycles. The van der Waals surface area contributed by atoms with E-state index in [-0.39, 0.29) is 23.3 Å². The summed E-state index contributed by atoms with van der Waals surface area (Å²) in [6, 6.07) is 22.9. The minimum atomic E-state index is -1.01. The van der Waals surface area contributed by atoms with Crippen molar-refractivity contribution < 1.29 is 23.8 Å². The predicted molar refractivity (Wildman–Crippen MR) is 128 cm³/mol. The fourth-order valence-electron chi connectivity index (χ4n) is 3.42. The van der Waals surface area contributed by atoms with Gasteiger partial charge in [0.1, 0.15) is 18.2 Å². The molecule has 0 bridgehead atoms. The molecular formula is C27H18FN3O4. The molecule has 0 atom stereocenters. The number of carbonyl (C=O) groups excluding carboxylic acids is 1. The number of amides is 1. The number of carboxylic acids is 1. The first-order valence-electron chi connectivity index (χ1n) is 10.5. The Kier molecular flexibility index (Phi) is 6.79. The van der Waals surface area contributed by atoms with Gasteiger partial charge in [0.15, 0.2) is 0 Å². The van der Waals surface area contributed by atoms with Gasteiger partial charge >= 0.3 is 5.97 Å². The van der Waals surface area contributed by atoms with Gasteiger partial charge in [-0.1, -0.05) is 42.5 Å². The Balaban J connectivity index is 1.56. The molecule has 0 fully saturated rings. The standard InChI is InChI=1S/C27H18FN3O4/c28-24-13-18(14-29)7-11-22(24)26(32)31-30-15-23-21-4-2-1-3-19(21)10-12-25(23)35-16-17-5-8-20(9-6-17)27(33)34/h1-13,15H,16H2,(H,31,32)(H,33,34)/b30-15+. The van der Waals surface area contributed by atoms with Crippen LogP contribution in [-0.2, 0) is 6.61 Å². The van der Waals surface area contributed by atoms with Crippen molar-refractivity contribution in [3.05, 3.63) is 112 Å². The highest BCUT2D eigenvalue weighted by atomic mass is 19.1.